The van der Waals surface area contributed by atoms with Gasteiger partial charge in [-0.25, -0.2) is 0 Å². The Hall–Kier alpha value is -2.56. The first-order valence-corrected chi connectivity index (χ1v) is 8.06. The first kappa shape index (κ1) is 15.3. The van der Waals surface area contributed by atoms with Crippen molar-refractivity contribution in [2.75, 3.05) is 29.0 Å². The van der Waals surface area contributed by atoms with E-state index in [4.69, 9.17) is 5.73 Å². The van der Waals surface area contributed by atoms with Crippen molar-refractivity contribution in [2.45, 2.75) is 25.7 Å². The zero-order valence-electron chi connectivity index (χ0n) is 13.2. The Labute approximate surface area is 136 Å². The predicted octanol–water partition coefficient (Wildman–Crippen LogP) is 2.84. The van der Waals surface area contributed by atoms with Crippen LogP contribution in [0.25, 0.3) is 0 Å². The van der Waals surface area contributed by atoms with Crippen LogP contribution >= 0.6 is 0 Å². The lowest BCUT2D eigenvalue weighted by Crippen LogP contribution is -2.30. The van der Waals surface area contributed by atoms with E-state index in [0.29, 0.717) is 11.4 Å². The summed E-state index contributed by atoms with van der Waals surface area (Å²) in [5.41, 5.74) is 8.90. The number of nitrogens with two attached hydrogens (primary N) is 1. The van der Waals surface area contributed by atoms with Gasteiger partial charge in [0.1, 0.15) is 0 Å². The van der Waals surface area contributed by atoms with Crippen molar-refractivity contribution in [3.63, 3.8) is 0 Å². The quantitative estimate of drug-likeness (QED) is 0.911. The first-order chi connectivity index (χ1) is 11.2. The Balaban J connectivity index is 1.69. The van der Waals surface area contributed by atoms with E-state index < -0.39 is 0 Å². The van der Waals surface area contributed by atoms with Crippen LogP contribution in [-0.4, -0.2) is 24.0 Å². The summed E-state index contributed by atoms with van der Waals surface area (Å²) in [5, 5.41) is 3.02. The van der Waals surface area contributed by atoms with Crippen molar-refractivity contribution in [2.24, 2.45) is 0 Å². The van der Waals surface area contributed by atoms with Crippen molar-refractivity contribution < 1.29 is 4.79 Å². The van der Waals surface area contributed by atoms with Crippen molar-refractivity contribution >= 4 is 23.0 Å². The minimum absolute atomic E-state index is 0.0632. The summed E-state index contributed by atoms with van der Waals surface area (Å²) in [6, 6.07) is 11.5. The van der Waals surface area contributed by atoms with E-state index in [2.05, 4.69) is 21.3 Å². The van der Waals surface area contributed by atoms with E-state index in [1.165, 1.54) is 19.3 Å². The maximum Gasteiger partial charge on any atom is 0.230 e. The molecule has 5 heteroatoms. The molecule has 0 aliphatic carbocycles. The van der Waals surface area contributed by atoms with Gasteiger partial charge in [-0.05, 0) is 43.5 Å². The lowest BCUT2D eigenvalue weighted by atomic mass is 10.1. The van der Waals surface area contributed by atoms with Gasteiger partial charge < -0.3 is 16.0 Å². The monoisotopic (exact) mass is 310 g/mol. The van der Waals surface area contributed by atoms with E-state index in [-0.39, 0.29) is 12.3 Å². The Bertz CT molecular complexity index is 663. The molecule has 1 aromatic heterocycles. The van der Waals surface area contributed by atoms with Gasteiger partial charge in [0.2, 0.25) is 5.91 Å². The fraction of sp³-hybridized carbons (Fsp3) is 0.333. The highest BCUT2D eigenvalue weighted by molar-refractivity contribution is 5.95. The molecular formula is C18H22N4O. The number of nitrogen functional groups attached to an aromatic ring is 1. The van der Waals surface area contributed by atoms with Crippen LogP contribution in [0.3, 0.4) is 0 Å². The number of para-hydroxylation sites is 2. The second-order valence-electron chi connectivity index (χ2n) is 5.87. The Morgan fingerprint density at radius 2 is 1.91 bits per heavy atom. The highest BCUT2D eigenvalue weighted by Gasteiger charge is 2.15. The van der Waals surface area contributed by atoms with Crippen LogP contribution in [0.5, 0.6) is 0 Å². The van der Waals surface area contributed by atoms with Crippen molar-refractivity contribution in [3.8, 4) is 0 Å². The number of hydrogen-bond donors (Lipinski definition) is 2. The molecule has 1 aliphatic heterocycles. The fourth-order valence-electron chi connectivity index (χ4n) is 2.89. The summed E-state index contributed by atoms with van der Waals surface area (Å²) in [6.45, 7) is 2.10. The molecule has 3 rings (SSSR count). The minimum atomic E-state index is -0.0632. The number of rotatable bonds is 4. The maximum atomic E-state index is 12.3. The topological polar surface area (TPSA) is 71.2 Å². The second-order valence-corrected chi connectivity index (χ2v) is 5.87. The Morgan fingerprint density at radius 3 is 2.65 bits per heavy atom. The zero-order chi connectivity index (χ0) is 16.1. The lowest BCUT2D eigenvalue weighted by molar-refractivity contribution is -0.115. The largest absolute Gasteiger partial charge is 0.397 e. The number of aromatic nitrogens is 1. The van der Waals surface area contributed by atoms with Gasteiger partial charge >= 0.3 is 0 Å². The molecule has 3 N–H and O–H groups in total. The molecule has 1 aliphatic rings. The van der Waals surface area contributed by atoms with Crippen LogP contribution in [0.1, 0.15) is 25.0 Å². The average Bonchev–Trinajstić information content (AvgIpc) is 2.58. The average molecular weight is 310 g/mol. The number of carbonyl (C=O) groups is 1. The number of pyridine rings is 1. The molecule has 0 bridgehead atoms. The third-order valence-electron chi connectivity index (χ3n) is 4.06. The Kier molecular flexibility index (Phi) is 4.76. The fourth-order valence-corrected chi connectivity index (χ4v) is 2.89. The van der Waals surface area contributed by atoms with Gasteiger partial charge in [-0.1, -0.05) is 12.1 Å². The summed E-state index contributed by atoms with van der Waals surface area (Å²) in [5.74, 6) is -0.0632. The smallest absolute Gasteiger partial charge is 0.230 e. The highest BCUT2D eigenvalue weighted by Crippen LogP contribution is 2.28. The first-order valence-electron chi connectivity index (χ1n) is 8.06. The molecule has 0 spiro atoms. The van der Waals surface area contributed by atoms with E-state index >= 15 is 0 Å². The van der Waals surface area contributed by atoms with Gasteiger partial charge in [0, 0.05) is 18.8 Å². The van der Waals surface area contributed by atoms with E-state index in [1.807, 2.05) is 18.2 Å². The van der Waals surface area contributed by atoms with E-state index in [9.17, 15) is 4.79 Å². The summed E-state index contributed by atoms with van der Waals surface area (Å²) < 4.78 is 0. The van der Waals surface area contributed by atoms with Crippen LogP contribution in [0.15, 0.2) is 42.6 Å². The molecule has 0 atom stereocenters. The lowest BCUT2D eigenvalue weighted by Gasteiger charge is -2.30. The number of piperidine rings is 1. The zero-order valence-corrected chi connectivity index (χ0v) is 13.2. The van der Waals surface area contributed by atoms with Crippen molar-refractivity contribution in [1.29, 1.82) is 0 Å². The van der Waals surface area contributed by atoms with E-state index in [1.54, 1.807) is 18.3 Å². The maximum absolute atomic E-state index is 12.3. The number of anilines is 3. The molecule has 120 valence electrons. The molecule has 1 saturated heterocycles. The second kappa shape index (κ2) is 7.13. The molecule has 1 amide bonds. The van der Waals surface area contributed by atoms with Gasteiger partial charge in [-0.15, -0.1) is 0 Å². The van der Waals surface area contributed by atoms with Gasteiger partial charge in [0.25, 0.3) is 0 Å². The molecule has 1 fully saturated rings. The molecule has 0 radical (unpaired) electrons. The number of benzene rings is 1. The number of hydrogen-bond acceptors (Lipinski definition) is 4. The van der Waals surface area contributed by atoms with Crippen LogP contribution < -0.4 is 16.0 Å². The minimum Gasteiger partial charge on any atom is -0.397 e. The summed E-state index contributed by atoms with van der Waals surface area (Å²) in [4.78, 5) is 18.8. The molecule has 0 unspecified atom stereocenters. The summed E-state index contributed by atoms with van der Waals surface area (Å²) >= 11 is 0. The standard InChI is InChI=1S/C18H22N4O/c19-14-8-9-15(20-13-14)12-18(23)21-16-6-2-3-7-17(16)22-10-4-1-5-11-22/h2-3,6-9,13H,1,4-5,10-12,19H2,(H,21,23). The summed E-state index contributed by atoms with van der Waals surface area (Å²) in [6.07, 6.45) is 5.52. The van der Waals surface area contributed by atoms with Gasteiger partial charge in [-0.2, -0.15) is 0 Å². The Morgan fingerprint density at radius 1 is 1.13 bits per heavy atom. The molecule has 5 nitrogen and oxygen atoms in total. The number of amides is 1. The van der Waals surface area contributed by atoms with Crippen LogP contribution in [0, 0.1) is 0 Å². The molecule has 2 heterocycles. The molecule has 2 aromatic rings. The van der Waals surface area contributed by atoms with Crippen LogP contribution in [0.2, 0.25) is 0 Å². The third kappa shape index (κ3) is 4.00. The van der Waals surface area contributed by atoms with Crippen LogP contribution in [-0.2, 0) is 11.2 Å². The van der Waals surface area contributed by atoms with E-state index in [0.717, 1.165) is 24.5 Å². The van der Waals surface area contributed by atoms with Gasteiger partial charge in [0.15, 0.2) is 0 Å². The van der Waals surface area contributed by atoms with Crippen molar-refractivity contribution in [3.05, 3.63) is 48.3 Å². The molecule has 1 aromatic carbocycles. The molecular weight excluding hydrogens is 288 g/mol. The predicted molar refractivity (Wildman–Crippen MR) is 93.5 cm³/mol. The normalized spacial score (nSPS) is 14.5. The SMILES string of the molecule is Nc1ccc(CC(=O)Nc2ccccc2N2CCCCC2)nc1. The van der Waals surface area contributed by atoms with Crippen LogP contribution in [0.4, 0.5) is 17.1 Å². The van der Waals surface area contributed by atoms with Gasteiger partial charge in [0.05, 0.1) is 29.7 Å². The van der Waals surface area contributed by atoms with Crippen molar-refractivity contribution in [1.82, 2.24) is 4.98 Å². The molecule has 23 heavy (non-hydrogen) atoms. The number of nitrogens with zero attached hydrogens (tertiary/aromatic N) is 2. The number of nitrogens with one attached hydrogen (secondary N) is 1. The molecule has 0 saturated carbocycles. The van der Waals surface area contributed by atoms with Gasteiger partial charge in [-0.3, -0.25) is 9.78 Å². The number of carbonyl (C=O) groups excluding carboxylic acids is 1. The summed E-state index contributed by atoms with van der Waals surface area (Å²) in [7, 11) is 0. The third-order valence-corrected chi connectivity index (χ3v) is 4.06. The highest BCUT2D eigenvalue weighted by atomic mass is 16.1.